The zero-order valence-electron chi connectivity index (χ0n) is 11.4. The Labute approximate surface area is 110 Å². The van der Waals surface area contributed by atoms with Crippen molar-refractivity contribution >= 4 is 5.82 Å². The molecule has 1 aliphatic heterocycles. The maximum absolute atomic E-state index is 4.49. The molecule has 1 N–H and O–H groups in total. The quantitative estimate of drug-likeness (QED) is 0.638. The summed E-state index contributed by atoms with van der Waals surface area (Å²) < 4.78 is 0. The van der Waals surface area contributed by atoms with Crippen molar-refractivity contribution in [2.75, 3.05) is 24.5 Å². The van der Waals surface area contributed by atoms with Gasteiger partial charge in [-0.25, -0.2) is 4.98 Å². The van der Waals surface area contributed by atoms with E-state index in [2.05, 4.69) is 47.3 Å². The first-order valence-corrected chi connectivity index (χ1v) is 6.86. The van der Waals surface area contributed by atoms with E-state index in [9.17, 15) is 0 Å². The number of nitrogens with one attached hydrogen (secondary N) is 1. The van der Waals surface area contributed by atoms with E-state index in [1.165, 1.54) is 17.6 Å². The SMILES string of the molecule is CCCNCc1ccnc(N2CC=C(C)CC2)c1. The van der Waals surface area contributed by atoms with Crippen LogP contribution in [-0.4, -0.2) is 24.6 Å². The predicted molar refractivity (Wildman–Crippen MR) is 76.8 cm³/mol. The Morgan fingerprint density at radius 3 is 3.06 bits per heavy atom. The van der Waals surface area contributed by atoms with Crippen molar-refractivity contribution in [3.8, 4) is 0 Å². The molecule has 0 amide bonds. The summed E-state index contributed by atoms with van der Waals surface area (Å²) in [5, 5.41) is 3.43. The van der Waals surface area contributed by atoms with Crippen LogP contribution in [0.15, 0.2) is 30.0 Å². The van der Waals surface area contributed by atoms with Gasteiger partial charge in [0.05, 0.1) is 0 Å². The molecule has 0 saturated heterocycles. The summed E-state index contributed by atoms with van der Waals surface area (Å²) in [5.74, 6) is 1.11. The van der Waals surface area contributed by atoms with Crippen LogP contribution in [0.5, 0.6) is 0 Å². The van der Waals surface area contributed by atoms with Gasteiger partial charge in [-0.3, -0.25) is 0 Å². The Morgan fingerprint density at radius 2 is 2.33 bits per heavy atom. The largest absolute Gasteiger partial charge is 0.353 e. The molecule has 0 fully saturated rings. The highest BCUT2D eigenvalue weighted by Crippen LogP contribution is 2.18. The molecule has 98 valence electrons. The molecule has 0 spiro atoms. The Balaban J connectivity index is 1.98. The summed E-state index contributed by atoms with van der Waals surface area (Å²) in [4.78, 5) is 6.83. The molecule has 1 aromatic heterocycles. The molecular formula is C15H23N3. The number of hydrogen-bond acceptors (Lipinski definition) is 3. The van der Waals surface area contributed by atoms with E-state index >= 15 is 0 Å². The van der Waals surface area contributed by atoms with Crippen LogP contribution in [0.25, 0.3) is 0 Å². The summed E-state index contributed by atoms with van der Waals surface area (Å²) in [6.45, 7) is 8.48. The van der Waals surface area contributed by atoms with Gasteiger partial charge in [-0.1, -0.05) is 18.6 Å². The Morgan fingerprint density at radius 1 is 1.44 bits per heavy atom. The third-order valence-electron chi connectivity index (χ3n) is 3.33. The van der Waals surface area contributed by atoms with Crippen LogP contribution in [-0.2, 0) is 6.54 Å². The average Bonchev–Trinajstić information content (AvgIpc) is 2.40. The fourth-order valence-electron chi connectivity index (χ4n) is 2.13. The van der Waals surface area contributed by atoms with E-state index in [0.717, 1.165) is 38.4 Å². The van der Waals surface area contributed by atoms with Gasteiger partial charge in [0, 0.05) is 25.8 Å². The molecule has 1 aromatic rings. The molecule has 1 aliphatic rings. The normalized spacial score (nSPS) is 15.7. The number of rotatable bonds is 5. The summed E-state index contributed by atoms with van der Waals surface area (Å²) in [6, 6.07) is 4.30. The van der Waals surface area contributed by atoms with Crippen LogP contribution in [0.4, 0.5) is 5.82 Å². The maximum Gasteiger partial charge on any atom is 0.129 e. The highest BCUT2D eigenvalue weighted by molar-refractivity contribution is 5.43. The van der Waals surface area contributed by atoms with E-state index in [1.807, 2.05) is 6.20 Å². The summed E-state index contributed by atoms with van der Waals surface area (Å²) in [7, 11) is 0. The Kier molecular flexibility index (Phi) is 4.76. The van der Waals surface area contributed by atoms with Gasteiger partial charge in [0.1, 0.15) is 5.82 Å². The Hall–Kier alpha value is -1.35. The summed E-state index contributed by atoms with van der Waals surface area (Å²) >= 11 is 0. The second-order valence-electron chi connectivity index (χ2n) is 4.95. The van der Waals surface area contributed by atoms with Crippen molar-refractivity contribution in [2.24, 2.45) is 0 Å². The number of aromatic nitrogens is 1. The molecule has 0 atom stereocenters. The predicted octanol–water partition coefficient (Wildman–Crippen LogP) is 2.74. The fraction of sp³-hybridized carbons (Fsp3) is 0.533. The Bertz CT molecular complexity index is 412. The van der Waals surface area contributed by atoms with Crippen molar-refractivity contribution in [1.82, 2.24) is 10.3 Å². The van der Waals surface area contributed by atoms with Gasteiger partial charge >= 0.3 is 0 Å². The maximum atomic E-state index is 4.49. The van der Waals surface area contributed by atoms with Gasteiger partial charge in [0.2, 0.25) is 0 Å². The van der Waals surface area contributed by atoms with Crippen molar-refractivity contribution < 1.29 is 0 Å². The van der Waals surface area contributed by atoms with Gasteiger partial charge in [-0.15, -0.1) is 0 Å². The molecule has 3 nitrogen and oxygen atoms in total. The molecular weight excluding hydrogens is 222 g/mol. The minimum Gasteiger partial charge on any atom is -0.353 e. The monoisotopic (exact) mass is 245 g/mol. The topological polar surface area (TPSA) is 28.2 Å². The highest BCUT2D eigenvalue weighted by Gasteiger charge is 2.11. The lowest BCUT2D eigenvalue weighted by molar-refractivity contribution is 0.674. The van der Waals surface area contributed by atoms with Crippen molar-refractivity contribution in [3.63, 3.8) is 0 Å². The van der Waals surface area contributed by atoms with Gasteiger partial charge in [-0.2, -0.15) is 0 Å². The third-order valence-corrected chi connectivity index (χ3v) is 3.33. The molecule has 0 bridgehead atoms. The zero-order chi connectivity index (χ0) is 12.8. The van der Waals surface area contributed by atoms with Gasteiger partial charge < -0.3 is 10.2 Å². The van der Waals surface area contributed by atoms with Crippen LogP contribution >= 0.6 is 0 Å². The molecule has 0 radical (unpaired) electrons. The second kappa shape index (κ2) is 6.55. The van der Waals surface area contributed by atoms with Gasteiger partial charge in [0.25, 0.3) is 0 Å². The molecule has 0 unspecified atom stereocenters. The first-order chi connectivity index (χ1) is 8.79. The smallest absolute Gasteiger partial charge is 0.129 e. The molecule has 3 heteroatoms. The molecule has 0 aliphatic carbocycles. The van der Waals surface area contributed by atoms with Gasteiger partial charge in [-0.05, 0) is 44.0 Å². The fourth-order valence-corrected chi connectivity index (χ4v) is 2.13. The first-order valence-electron chi connectivity index (χ1n) is 6.86. The number of hydrogen-bond donors (Lipinski definition) is 1. The van der Waals surface area contributed by atoms with E-state index in [4.69, 9.17) is 0 Å². The third kappa shape index (κ3) is 3.57. The van der Waals surface area contributed by atoms with E-state index < -0.39 is 0 Å². The van der Waals surface area contributed by atoms with E-state index in [0.29, 0.717) is 0 Å². The molecule has 2 rings (SSSR count). The summed E-state index contributed by atoms with van der Waals surface area (Å²) in [6.07, 6.45) is 6.55. The van der Waals surface area contributed by atoms with Crippen molar-refractivity contribution in [2.45, 2.75) is 33.2 Å². The minimum atomic E-state index is 0.937. The van der Waals surface area contributed by atoms with Crippen LogP contribution in [0.3, 0.4) is 0 Å². The molecule has 0 saturated carbocycles. The van der Waals surface area contributed by atoms with E-state index in [1.54, 1.807) is 0 Å². The van der Waals surface area contributed by atoms with Crippen molar-refractivity contribution in [3.05, 3.63) is 35.5 Å². The van der Waals surface area contributed by atoms with Crippen LogP contribution in [0, 0.1) is 0 Å². The summed E-state index contributed by atoms with van der Waals surface area (Å²) in [5.41, 5.74) is 2.81. The highest BCUT2D eigenvalue weighted by atomic mass is 15.2. The first kappa shape index (κ1) is 13.1. The lowest BCUT2D eigenvalue weighted by Crippen LogP contribution is -2.29. The lowest BCUT2D eigenvalue weighted by atomic mass is 10.1. The average molecular weight is 245 g/mol. The molecule has 2 heterocycles. The minimum absolute atomic E-state index is 0.937. The zero-order valence-corrected chi connectivity index (χ0v) is 11.4. The van der Waals surface area contributed by atoms with Crippen LogP contribution in [0.1, 0.15) is 32.3 Å². The molecule has 18 heavy (non-hydrogen) atoms. The molecule has 0 aromatic carbocycles. The van der Waals surface area contributed by atoms with Crippen LogP contribution < -0.4 is 10.2 Å². The van der Waals surface area contributed by atoms with Gasteiger partial charge in [0.15, 0.2) is 0 Å². The lowest BCUT2D eigenvalue weighted by Gasteiger charge is -2.26. The number of pyridine rings is 1. The standard InChI is InChI=1S/C15H23N3/c1-3-7-16-12-14-4-8-17-15(11-14)18-9-5-13(2)6-10-18/h4-5,8,11,16H,3,6-7,9-10,12H2,1-2H3. The second-order valence-corrected chi connectivity index (χ2v) is 4.95. The number of anilines is 1. The van der Waals surface area contributed by atoms with Crippen molar-refractivity contribution in [1.29, 1.82) is 0 Å². The van der Waals surface area contributed by atoms with Crippen LogP contribution in [0.2, 0.25) is 0 Å². The number of nitrogens with zero attached hydrogens (tertiary/aromatic N) is 2. The van der Waals surface area contributed by atoms with E-state index in [-0.39, 0.29) is 0 Å².